The van der Waals surface area contributed by atoms with Gasteiger partial charge in [-0.25, -0.2) is 8.78 Å². The Morgan fingerprint density at radius 3 is 2.38 bits per heavy atom. The number of thioether (sulfide) groups is 1. The first-order chi connectivity index (χ1) is 35.1. The van der Waals surface area contributed by atoms with Gasteiger partial charge in [0.25, 0.3) is 0 Å². The molecule has 0 unspecified atom stereocenters. The van der Waals surface area contributed by atoms with Crippen LogP contribution in [0.4, 0.5) is 22.0 Å². The molecule has 0 bridgehead atoms. The fourth-order valence-corrected chi connectivity index (χ4v) is 6.01. The average Bonchev–Trinajstić information content (AvgIpc) is 3.31. The summed E-state index contributed by atoms with van der Waals surface area (Å²) in [5.41, 5.74) is -9.78. The van der Waals surface area contributed by atoms with Crippen LogP contribution < -0.4 is 5.43 Å². The summed E-state index contributed by atoms with van der Waals surface area (Å²) >= 11 is 0.0220. The molecule has 5 aromatic rings. The Labute approximate surface area is 342 Å². The number of amides is 1. The molecule has 1 aliphatic rings. The molecule has 2 heterocycles. The molecule has 1 aliphatic heterocycles. The number of aromatic nitrogens is 1. The minimum Gasteiger partial charge on any atom is -0.383 e. The van der Waals surface area contributed by atoms with Crippen LogP contribution in [0.25, 0.3) is 22.0 Å². The Morgan fingerprint density at radius 1 is 1.00 bits per heavy atom. The first kappa shape index (κ1) is 18.2. The normalized spacial score (nSPS) is 21.7. The molecular formula is C41H40F5N3O3S. The molecule has 53 heavy (non-hydrogen) atoms. The van der Waals surface area contributed by atoms with E-state index in [-0.39, 0.29) is 26.8 Å². The first-order valence-corrected chi connectivity index (χ1v) is 16.3. The summed E-state index contributed by atoms with van der Waals surface area (Å²) in [5.74, 6) is -7.02. The van der Waals surface area contributed by atoms with E-state index in [1.165, 1.54) is 4.90 Å². The summed E-state index contributed by atoms with van der Waals surface area (Å²) < 4.78 is 281. The van der Waals surface area contributed by atoms with E-state index in [1.807, 2.05) is 0 Å². The molecular weight excluding hydrogens is 710 g/mol. The van der Waals surface area contributed by atoms with Gasteiger partial charge in [0.05, 0.1) is 55.6 Å². The monoisotopic (exact) mass is 773 g/mol. The Morgan fingerprint density at radius 2 is 1.70 bits per heavy atom. The number of piperidine rings is 1. The number of alkyl halides is 3. The molecule has 1 amide bonds. The summed E-state index contributed by atoms with van der Waals surface area (Å²) in [5, 5.41) is -2.06. The van der Waals surface area contributed by atoms with Gasteiger partial charge in [-0.2, -0.15) is 13.2 Å². The van der Waals surface area contributed by atoms with Crippen molar-refractivity contribution in [2.45, 2.75) is 55.8 Å². The van der Waals surface area contributed by atoms with Gasteiger partial charge in [0, 0.05) is 62.0 Å². The molecule has 0 atom stereocenters. The number of ether oxygens (including phenoxy) is 1. The summed E-state index contributed by atoms with van der Waals surface area (Å²) in [6.07, 6.45) is -6.57. The minimum absolute atomic E-state index is 0.0220. The highest BCUT2D eigenvalue weighted by atomic mass is 32.2. The quantitative estimate of drug-likeness (QED) is 0.0939. The Hall–Kier alpha value is -4.52. The van der Waals surface area contributed by atoms with Crippen LogP contribution in [0, 0.1) is 18.6 Å². The number of methoxy groups -OCH3 is 1. The molecule has 0 saturated carbocycles. The van der Waals surface area contributed by atoms with Gasteiger partial charge in [0.1, 0.15) is 6.50 Å². The number of hydrogen-bond donors (Lipinski definition) is 0. The lowest BCUT2D eigenvalue weighted by atomic mass is 10.00. The van der Waals surface area contributed by atoms with Crippen molar-refractivity contribution in [3.63, 3.8) is 0 Å². The van der Waals surface area contributed by atoms with Gasteiger partial charge in [0.15, 0.2) is 17.1 Å². The van der Waals surface area contributed by atoms with Crippen LogP contribution >= 0.6 is 11.8 Å². The Bertz CT molecular complexity index is 3260. The van der Waals surface area contributed by atoms with Crippen molar-refractivity contribution in [1.29, 1.82) is 0 Å². The number of likely N-dealkylation sites (tertiary alicyclic amines) is 1. The van der Waals surface area contributed by atoms with Crippen molar-refractivity contribution in [3.8, 4) is 11.1 Å². The smallest absolute Gasteiger partial charge is 0.383 e. The van der Waals surface area contributed by atoms with Gasteiger partial charge in [-0.05, 0) is 66.7 Å². The number of halogens is 5. The highest BCUT2D eigenvalue weighted by Crippen LogP contribution is 2.32. The fourth-order valence-electron chi connectivity index (χ4n) is 5.10. The number of rotatable bonds is 12. The van der Waals surface area contributed by atoms with Gasteiger partial charge < -0.3 is 19.1 Å². The Balaban J connectivity index is 1.65. The van der Waals surface area contributed by atoms with E-state index in [1.54, 1.807) is 0 Å². The van der Waals surface area contributed by atoms with Crippen molar-refractivity contribution in [3.05, 3.63) is 135 Å². The van der Waals surface area contributed by atoms with Crippen molar-refractivity contribution in [1.82, 2.24) is 14.4 Å². The van der Waals surface area contributed by atoms with Crippen LogP contribution in [0.1, 0.15) is 68.0 Å². The number of pyridine rings is 1. The molecule has 1 fully saturated rings. The molecule has 6 rings (SSSR count). The Kier molecular flexibility index (Phi) is 5.72. The third-order valence-electron chi connectivity index (χ3n) is 7.71. The zero-order valence-electron chi connectivity index (χ0n) is 51.2. The van der Waals surface area contributed by atoms with Crippen LogP contribution in [-0.2, 0) is 34.5 Å². The zero-order chi connectivity index (χ0) is 58.6. The largest absolute Gasteiger partial charge is 0.416 e. The van der Waals surface area contributed by atoms with Gasteiger partial charge in [-0.15, -0.1) is 11.8 Å². The maximum absolute atomic E-state index is 15.6. The van der Waals surface area contributed by atoms with Gasteiger partial charge in [0.2, 0.25) is 5.91 Å². The van der Waals surface area contributed by atoms with E-state index in [4.69, 9.17) is 27.4 Å². The predicted octanol–water partition coefficient (Wildman–Crippen LogP) is 8.71. The number of carbonyl (C=O) groups excluding carboxylic acids is 1. The lowest BCUT2D eigenvalue weighted by Gasteiger charge is -2.39. The van der Waals surface area contributed by atoms with E-state index in [9.17, 15) is 27.8 Å². The molecule has 1 saturated heterocycles. The third-order valence-corrected chi connectivity index (χ3v) is 8.70. The summed E-state index contributed by atoms with van der Waals surface area (Å²) in [6, 6.07) is -21.6. The van der Waals surface area contributed by atoms with Crippen molar-refractivity contribution < 1.29 is 64.4 Å². The molecule has 0 aliphatic carbocycles. The minimum atomic E-state index is -5.47. The second-order valence-corrected chi connectivity index (χ2v) is 12.2. The molecule has 1 aromatic heterocycles. The second-order valence-electron chi connectivity index (χ2n) is 11.2. The maximum atomic E-state index is 15.6. The SMILES string of the molecule is [2H]c1c([2H])c(F)c(F)c(CSc2c([2H])c(=O)c3c([2H])c(C)c([2H])c([2H])c3n2C([2H])([2H])C(=O)N(C2CCN(CC([2H])([2H])OC([2H])([2H])[2H])CC2)C([2H])([2H])c2c([2H])c([2H])c(-c3c([2H])c([2H])c(C(F)(F)F)c([2H])c3[2H])c([2H])c2[2H])c1[2H]. The predicted molar refractivity (Wildman–Crippen MR) is 198 cm³/mol. The molecule has 0 N–H and O–H groups in total. The van der Waals surface area contributed by atoms with Gasteiger partial charge >= 0.3 is 6.18 Å². The van der Waals surface area contributed by atoms with Crippen LogP contribution in [0.15, 0.2) is 100 Å². The number of benzene rings is 4. The number of nitrogens with zero attached hydrogens (tertiary/aromatic N) is 3. The topological polar surface area (TPSA) is 54.8 Å². The first-order valence-electron chi connectivity index (χ1n) is 27.4. The van der Waals surface area contributed by atoms with Gasteiger partial charge in [-0.1, -0.05) is 59.9 Å². The lowest BCUT2D eigenvalue weighted by molar-refractivity contribution is -0.137. The van der Waals surface area contributed by atoms with Crippen LogP contribution in [0.3, 0.4) is 0 Å². The summed E-state index contributed by atoms with van der Waals surface area (Å²) in [7, 11) is -3.24. The van der Waals surface area contributed by atoms with E-state index in [0.717, 1.165) is 6.92 Å². The molecule has 12 heteroatoms. The van der Waals surface area contributed by atoms with Gasteiger partial charge in [-0.3, -0.25) is 9.59 Å². The van der Waals surface area contributed by atoms with E-state index < -0.39 is 234 Å². The van der Waals surface area contributed by atoms with Crippen LogP contribution in [0.2, 0.25) is 0 Å². The number of fused-ring (bicyclic) bond motifs is 1. The second kappa shape index (κ2) is 16.7. The maximum Gasteiger partial charge on any atom is 0.416 e. The van der Waals surface area contributed by atoms with Crippen LogP contribution in [-0.4, -0.2) is 59.5 Å². The molecule has 0 spiro atoms. The standard InChI is InChI=1S/C41H40F5N3O3S/c1-27-6-15-36-34(22-27)37(50)23-39(53-26-31-4-3-5-35(42)40(31)43)49(36)25-38(51)48(33-16-18-47(19-17-33)20-21-52-2)24-28-7-9-29(10-8-28)30-11-13-32(14-12-30)41(44,45)46/h3-15,22-23,33H,16-21,24-26H2,1-2H3/i2D3,3D,4D,5D,6D,7D,8D,9D,10D,11D,12D,13D,14D,15D,21D2,22D,23D,24D2,25D2. The number of hydrogen-bond acceptors (Lipinski definition) is 5. The fraction of sp³-hybridized carbons (Fsp3) is 0.317. The highest BCUT2D eigenvalue weighted by molar-refractivity contribution is 7.98. The number of carbonyl (C=O) groups is 1. The molecule has 6 nitrogen and oxygen atoms in total. The summed E-state index contributed by atoms with van der Waals surface area (Å²) in [4.78, 5) is 30.9. The molecule has 4 aromatic carbocycles. The molecule has 278 valence electrons. The highest BCUT2D eigenvalue weighted by Gasteiger charge is 2.31. The summed E-state index contributed by atoms with van der Waals surface area (Å²) in [6.45, 7) is -11.3. The van der Waals surface area contributed by atoms with E-state index in [0.29, 0.717) is 0 Å². The van der Waals surface area contributed by atoms with E-state index in [2.05, 4.69) is 4.74 Å². The van der Waals surface area contributed by atoms with Crippen LogP contribution in [0.5, 0.6) is 0 Å². The van der Waals surface area contributed by atoms with Crippen molar-refractivity contribution in [2.24, 2.45) is 0 Å². The van der Waals surface area contributed by atoms with Crippen molar-refractivity contribution >= 4 is 28.6 Å². The molecule has 0 radical (unpaired) electrons. The van der Waals surface area contributed by atoms with Crippen molar-refractivity contribution in [2.75, 3.05) is 33.2 Å². The third kappa shape index (κ3) is 9.17. The average molecular weight is 774 g/mol. The zero-order valence-corrected chi connectivity index (χ0v) is 28.0. The lowest BCUT2D eigenvalue weighted by Crippen LogP contribution is -2.48. The van der Waals surface area contributed by atoms with E-state index >= 15 is 9.18 Å².